The van der Waals surface area contributed by atoms with Crippen LogP contribution in [0.15, 0.2) is 0 Å². The number of carbonyl (C=O) groups is 1. The molecule has 0 aliphatic carbocycles. The number of H-pyrrole nitrogens is 1. The molecule has 0 saturated carbocycles. The van der Waals surface area contributed by atoms with Crippen LogP contribution in [0.25, 0.3) is 0 Å². The third-order valence-corrected chi connectivity index (χ3v) is 2.77. The fourth-order valence-electron chi connectivity index (χ4n) is 1.42. The molecule has 0 atom stereocenters. The topological polar surface area (TPSA) is 90.9 Å². The van der Waals surface area contributed by atoms with E-state index in [0.29, 0.717) is 18.8 Å². The van der Waals surface area contributed by atoms with Crippen molar-refractivity contribution >= 4 is 5.91 Å². The van der Waals surface area contributed by atoms with E-state index in [1.54, 1.807) is 0 Å². The summed E-state index contributed by atoms with van der Waals surface area (Å²) in [7, 11) is 0. The lowest BCUT2D eigenvalue weighted by atomic mass is 9.90. The van der Waals surface area contributed by atoms with Gasteiger partial charge < -0.3 is 10.4 Å². The minimum Gasteiger partial charge on any atom is -0.396 e. The highest BCUT2D eigenvalue weighted by atomic mass is 16.3. The largest absolute Gasteiger partial charge is 0.396 e. The molecule has 0 aliphatic rings. The van der Waals surface area contributed by atoms with Gasteiger partial charge in [0.15, 0.2) is 0 Å². The van der Waals surface area contributed by atoms with Crippen molar-refractivity contribution in [1.29, 1.82) is 0 Å². The first kappa shape index (κ1) is 14.6. The second-order valence-electron chi connectivity index (χ2n) is 5.52. The van der Waals surface area contributed by atoms with Gasteiger partial charge in [0.05, 0.1) is 0 Å². The number of amides is 1. The van der Waals surface area contributed by atoms with Crippen molar-refractivity contribution in [2.75, 3.05) is 13.2 Å². The number of carbonyl (C=O) groups excluding carboxylic acids is 1. The van der Waals surface area contributed by atoms with Crippen molar-refractivity contribution in [3.05, 3.63) is 11.6 Å². The smallest absolute Gasteiger partial charge is 0.290 e. The van der Waals surface area contributed by atoms with Crippen LogP contribution < -0.4 is 5.32 Å². The van der Waals surface area contributed by atoms with Crippen molar-refractivity contribution in [3.8, 4) is 0 Å². The zero-order chi connectivity index (χ0) is 13.8. The van der Waals surface area contributed by atoms with Crippen LogP contribution in [0, 0.1) is 5.41 Å². The molecule has 1 aromatic heterocycles. The van der Waals surface area contributed by atoms with E-state index < -0.39 is 0 Å². The molecule has 0 unspecified atom stereocenters. The molecule has 1 amide bonds. The average molecular weight is 254 g/mol. The summed E-state index contributed by atoms with van der Waals surface area (Å²) in [5.41, 5.74) is -0.137. The minimum atomic E-state index is -0.288. The minimum absolute atomic E-state index is 0.112. The highest BCUT2D eigenvalue weighted by molar-refractivity contribution is 5.90. The molecule has 0 bridgehead atoms. The van der Waals surface area contributed by atoms with Crippen molar-refractivity contribution in [2.45, 2.75) is 40.0 Å². The fraction of sp³-hybridized carbons (Fsp3) is 0.750. The highest BCUT2D eigenvalue weighted by Gasteiger charge is 2.20. The second kappa shape index (κ2) is 5.95. The van der Waals surface area contributed by atoms with Crippen LogP contribution in [-0.2, 0) is 0 Å². The molecular weight excluding hydrogens is 232 g/mol. The Labute approximate surface area is 107 Å². The van der Waals surface area contributed by atoms with Gasteiger partial charge in [-0.3, -0.25) is 9.89 Å². The first-order valence-electron chi connectivity index (χ1n) is 6.17. The first-order valence-corrected chi connectivity index (χ1v) is 6.17. The number of aromatic amines is 1. The lowest BCUT2D eigenvalue weighted by Crippen LogP contribution is -2.35. The Balaban J connectivity index is 2.55. The summed E-state index contributed by atoms with van der Waals surface area (Å²) in [5.74, 6) is 0.794. The molecule has 0 radical (unpaired) electrons. The maximum absolute atomic E-state index is 11.8. The van der Waals surface area contributed by atoms with Gasteiger partial charge in [0.1, 0.15) is 5.82 Å². The van der Waals surface area contributed by atoms with Gasteiger partial charge in [-0.25, -0.2) is 4.98 Å². The van der Waals surface area contributed by atoms with Crippen molar-refractivity contribution in [2.24, 2.45) is 5.41 Å². The number of aliphatic hydroxyl groups excluding tert-OH is 1. The predicted molar refractivity (Wildman–Crippen MR) is 68.3 cm³/mol. The lowest BCUT2D eigenvalue weighted by molar-refractivity contribution is 0.0918. The van der Waals surface area contributed by atoms with Crippen molar-refractivity contribution < 1.29 is 9.90 Å². The van der Waals surface area contributed by atoms with Crippen molar-refractivity contribution in [1.82, 2.24) is 20.5 Å². The molecule has 6 nitrogen and oxygen atoms in total. The van der Waals surface area contributed by atoms with Gasteiger partial charge in [0, 0.05) is 19.1 Å². The maximum atomic E-state index is 11.8. The standard InChI is InChI=1S/C12H22N4O2/c1-8(2)9-14-10(16-15-9)11(18)13-7-12(3,4)5-6-17/h8,17H,5-7H2,1-4H3,(H,13,18)(H,14,15,16). The molecule has 6 heteroatoms. The summed E-state index contributed by atoms with van der Waals surface area (Å²) in [6.45, 7) is 8.53. The number of nitrogens with zero attached hydrogens (tertiary/aromatic N) is 2. The van der Waals surface area contributed by atoms with Crippen LogP contribution in [-0.4, -0.2) is 39.3 Å². The number of rotatable bonds is 6. The lowest BCUT2D eigenvalue weighted by Gasteiger charge is -2.23. The van der Waals surface area contributed by atoms with E-state index in [1.807, 2.05) is 27.7 Å². The van der Waals surface area contributed by atoms with Crippen LogP contribution in [0.3, 0.4) is 0 Å². The van der Waals surface area contributed by atoms with Crippen molar-refractivity contribution in [3.63, 3.8) is 0 Å². The molecule has 102 valence electrons. The summed E-state index contributed by atoms with van der Waals surface area (Å²) >= 11 is 0. The molecule has 0 fully saturated rings. The molecule has 1 heterocycles. The van der Waals surface area contributed by atoms with Crippen LogP contribution in [0.1, 0.15) is 56.5 Å². The molecule has 18 heavy (non-hydrogen) atoms. The first-order chi connectivity index (χ1) is 8.35. The summed E-state index contributed by atoms with van der Waals surface area (Å²) < 4.78 is 0. The van der Waals surface area contributed by atoms with E-state index in [1.165, 1.54) is 0 Å². The fourth-order valence-corrected chi connectivity index (χ4v) is 1.42. The van der Waals surface area contributed by atoms with Crippen LogP contribution >= 0.6 is 0 Å². The zero-order valence-electron chi connectivity index (χ0n) is 11.4. The SMILES string of the molecule is CC(C)c1nc(C(=O)NCC(C)(C)CCO)n[nH]1. The number of aromatic nitrogens is 3. The highest BCUT2D eigenvalue weighted by Crippen LogP contribution is 2.18. The molecule has 0 saturated heterocycles. The Kier molecular flexibility index (Phi) is 4.84. The van der Waals surface area contributed by atoms with Crippen LogP contribution in [0.5, 0.6) is 0 Å². The summed E-state index contributed by atoms with van der Waals surface area (Å²) in [6.07, 6.45) is 0.637. The van der Waals surface area contributed by atoms with Gasteiger partial charge in [0.2, 0.25) is 5.82 Å². The Morgan fingerprint density at radius 3 is 2.67 bits per heavy atom. The number of aliphatic hydroxyl groups is 1. The molecule has 0 aliphatic heterocycles. The molecule has 1 rings (SSSR count). The van der Waals surface area contributed by atoms with Gasteiger partial charge in [-0.15, -0.1) is 5.10 Å². The maximum Gasteiger partial charge on any atom is 0.290 e. The van der Waals surface area contributed by atoms with Gasteiger partial charge in [-0.2, -0.15) is 0 Å². The predicted octanol–water partition coefficient (Wildman–Crippen LogP) is 1.07. The quantitative estimate of drug-likeness (QED) is 0.708. The number of nitrogens with one attached hydrogen (secondary N) is 2. The van der Waals surface area contributed by atoms with Gasteiger partial charge in [0.25, 0.3) is 5.91 Å². The molecule has 0 spiro atoms. The monoisotopic (exact) mass is 254 g/mol. The van der Waals surface area contributed by atoms with E-state index in [9.17, 15) is 4.79 Å². The third kappa shape index (κ3) is 4.10. The van der Waals surface area contributed by atoms with Gasteiger partial charge in [-0.05, 0) is 11.8 Å². The Hall–Kier alpha value is -1.43. The summed E-state index contributed by atoms with van der Waals surface area (Å²) in [6, 6.07) is 0. The molecule has 3 N–H and O–H groups in total. The Morgan fingerprint density at radius 1 is 1.50 bits per heavy atom. The van der Waals surface area contributed by atoms with E-state index in [0.717, 1.165) is 0 Å². The zero-order valence-corrected chi connectivity index (χ0v) is 11.4. The normalized spacial score (nSPS) is 11.9. The van der Waals surface area contributed by atoms with E-state index in [-0.39, 0.29) is 29.7 Å². The average Bonchev–Trinajstić information content (AvgIpc) is 2.75. The van der Waals surface area contributed by atoms with Crippen LogP contribution in [0.2, 0.25) is 0 Å². The van der Waals surface area contributed by atoms with Gasteiger partial charge in [-0.1, -0.05) is 27.7 Å². The Morgan fingerprint density at radius 2 is 2.17 bits per heavy atom. The molecular formula is C12H22N4O2. The Bertz CT molecular complexity index is 399. The van der Waals surface area contributed by atoms with Crippen LogP contribution in [0.4, 0.5) is 0 Å². The van der Waals surface area contributed by atoms with E-state index >= 15 is 0 Å². The molecule has 0 aromatic carbocycles. The summed E-state index contributed by atoms with van der Waals surface area (Å²) in [5, 5.41) is 18.3. The third-order valence-electron chi connectivity index (χ3n) is 2.77. The van der Waals surface area contributed by atoms with E-state index in [4.69, 9.17) is 5.11 Å². The van der Waals surface area contributed by atoms with E-state index in [2.05, 4.69) is 20.5 Å². The second-order valence-corrected chi connectivity index (χ2v) is 5.52. The summed E-state index contributed by atoms with van der Waals surface area (Å²) in [4.78, 5) is 15.9. The molecule has 1 aromatic rings. The number of hydrogen-bond donors (Lipinski definition) is 3. The number of hydrogen-bond acceptors (Lipinski definition) is 4. The van der Waals surface area contributed by atoms with Gasteiger partial charge >= 0.3 is 0 Å².